The first-order valence-corrected chi connectivity index (χ1v) is 10.8. The van der Waals surface area contributed by atoms with Crippen molar-refractivity contribution in [1.82, 2.24) is 9.88 Å². The molecule has 29 heavy (non-hydrogen) atoms. The lowest BCUT2D eigenvalue weighted by Gasteiger charge is -2.17. The van der Waals surface area contributed by atoms with Gasteiger partial charge in [0, 0.05) is 23.8 Å². The van der Waals surface area contributed by atoms with E-state index in [-0.39, 0.29) is 5.91 Å². The highest BCUT2D eigenvalue weighted by atomic mass is 79.9. The number of rotatable bonds is 5. The van der Waals surface area contributed by atoms with Crippen molar-refractivity contribution in [3.8, 4) is 0 Å². The predicted octanol–water partition coefficient (Wildman–Crippen LogP) is 6.38. The number of carbonyl (C=O) groups excluding carboxylic acids is 1. The highest BCUT2D eigenvalue weighted by molar-refractivity contribution is 9.10. The predicted molar refractivity (Wildman–Crippen MR) is 124 cm³/mol. The van der Waals surface area contributed by atoms with Gasteiger partial charge in [-0.15, -0.1) is 0 Å². The Morgan fingerprint density at radius 2 is 1.79 bits per heavy atom. The molecule has 1 amide bonds. The molecule has 6 heteroatoms. The number of fused-ring (bicyclic) bond motifs is 1. The topological polar surface area (TPSA) is 45.2 Å². The van der Waals surface area contributed by atoms with E-state index in [2.05, 4.69) is 56.6 Å². The second-order valence-corrected chi connectivity index (χ2v) is 8.82. The van der Waals surface area contributed by atoms with Gasteiger partial charge in [-0.25, -0.2) is 4.98 Å². The van der Waals surface area contributed by atoms with Gasteiger partial charge in [-0.2, -0.15) is 0 Å². The first-order chi connectivity index (χ1) is 14.0. The van der Waals surface area contributed by atoms with E-state index in [4.69, 9.17) is 0 Å². The number of nitrogens with one attached hydrogen (secondary N) is 1. The molecular weight excluding hydrogens is 446 g/mol. The number of nitrogens with zero attached hydrogens (tertiary/aromatic N) is 2. The Morgan fingerprint density at radius 3 is 2.55 bits per heavy atom. The summed E-state index contributed by atoms with van der Waals surface area (Å²) in [6, 6.07) is 22.4. The van der Waals surface area contributed by atoms with E-state index in [0.29, 0.717) is 16.6 Å². The number of aromatic nitrogens is 1. The van der Waals surface area contributed by atoms with Crippen LogP contribution in [0, 0.1) is 6.92 Å². The highest BCUT2D eigenvalue weighted by Crippen LogP contribution is 2.28. The summed E-state index contributed by atoms with van der Waals surface area (Å²) >= 11 is 4.81. The van der Waals surface area contributed by atoms with Crippen molar-refractivity contribution in [3.63, 3.8) is 0 Å². The fraction of sp³-hybridized carbons (Fsp3) is 0.130. The largest absolute Gasteiger partial charge is 0.337 e. The molecular formula is C23H20BrN3OS. The number of halogens is 1. The third kappa shape index (κ3) is 4.49. The summed E-state index contributed by atoms with van der Waals surface area (Å²) in [7, 11) is 1.83. The first-order valence-electron chi connectivity index (χ1n) is 9.23. The van der Waals surface area contributed by atoms with Crippen LogP contribution in [0.4, 0.5) is 10.8 Å². The normalized spacial score (nSPS) is 10.9. The standard InChI is InChI=1S/C23H20BrN3OS/c1-15-21(29-23(25-15)26-20-11-9-19(24)10-12-20)22(28)27(2)14-16-7-8-17-5-3-4-6-18(17)13-16/h3-13H,14H2,1-2H3,(H,25,26). The molecule has 0 saturated carbocycles. The maximum absolute atomic E-state index is 13.0. The maximum atomic E-state index is 13.0. The van der Waals surface area contributed by atoms with E-state index in [1.165, 1.54) is 22.1 Å². The Hall–Kier alpha value is -2.70. The van der Waals surface area contributed by atoms with Gasteiger partial charge in [-0.1, -0.05) is 63.7 Å². The quantitative estimate of drug-likeness (QED) is 0.371. The number of hydrogen-bond donors (Lipinski definition) is 1. The minimum atomic E-state index is -0.0167. The molecule has 0 aliphatic heterocycles. The lowest BCUT2D eigenvalue weighted by atomic mass is 10.1. The molecule has 0 saturated heterocycles. The molecule has 0 spiro atoms. The van der Waals surface area contributed by atoms with Crippen LogP contribution in [-0.2, 0) is 6.54 Å². The summed E-state index contributed by atoms with van der Waals surface area (Å²) in [5.74, 6) is -0.0167. The summed E-state index contributed by atoms with van der Waals surface area (Å²) in [4.78, 5) is 19.9. The molecule has 1 aromatic heterocycles. The number of aryl methyl sites for hydroxylation is 1. The minimum absolute atomic E-state index is 0.0167. The Morgan fingerprint density at radius 1 is 1.07 bits per heavy atom. The van der Waals surface area contributed by atoms with Crippen LogP contribution in [-0.4, -0.2) is 22.8 Å². The minimum Gasteiger partial charge on any atom is -0.337 e. The van der Waals surface area contributed by atoms with E-state index in [1.54, 1.807) is 4.90 Å². The fourth-order valence-electron chi connectivity index (χ4n) is 3.16. The van der Waals surface area contributed by atoms with Crippen LogP contribution in [0.25, 0.3) is 10.8 Å². The van der Waals surface area contributed by atoms with Crippen LogP contribution < -0.4 is 5.32 Å². The molecule has 0 unspecified atom stereocenters. The molecule has 0 aliphatic carbocycles. The first kappa shape index (κ1) is 19.6. The molecule has 0 fully saturated rings. The van der Waals surface area contributed by atoms with Crippen LogP contribution in [0.3, 0.4) is 0 Å². The van der Waals surface area contributed by atoms with E-state index >= 15 is 0 Å². The van der Waals surface area contributed by atoms with Crippen molar-refractivity contribution in [1.29, 1.82) is 0 Å². The molecule has 0 aliphatic rings. The Labute approximate surface area is 182 Å². The van der Waals surface area contributed by atoms with Crippen molar-refractivity contribution in [3.05, 3.63) is 87.3 Å². The zero-order valence-corrected chi connectivity index (χ0v) is 18.5. The average Bonchev–Trinajstić information content (AvgIpc) is 3.09. The lowest BCUT2D eigenvalue weighted by molar-refractivity contribution is 0.0789. The molecule has 3 aromatic carbocycles. The Bertz CT molecular complexity index is 1170. The SMILES string of the molecule is Cc1nc(Nc2ccc(Br)cc2)sc1C(=O)N(C)Cc1ccc2ccccc2c1. The maximum Gasteiger partial charge on any atom is 0.265 e. The number of benzene rings is 3. The zero-order valence-electron chi connectivity index (χ0n) is 16.1. The molecule has 4 aromatic rings. The van der Waals surface area contributed by atoms with Crippen LogP contribution >= 0.6 is 27.3 Å². The van der Waals surface area contributed by atoms with Crippen molar-refractivity contribution < 1.29 is 4.79 Å². The van der Waals surface area contributed by atoms with E-state index in [9.17, 15) is 4.79 Å². The lowest BCUT2D eigenvalue weighted by Crippen LogP contribution is -2.26. The Kier molecular flexibility index (Phi) is 5.65. The van der Waals surface area contributed by atoms with Gasteiger partial charge in [0.2, 0.25) is 0 Å². The van der Waals surface area contributed by atoms with Gasteiger partial charge in [-0.05, 0) is 53.6 Å². The summed E-state index contributed by atoms with van der Waals surface area (Å²) in [6.07, 6.45) is 0. The van der Waals surface area contributed by atoms with Gasteiger partial charge in [-0.3, -0.25) is 4.79 Å². The summed E-state index contributed by atoms with van der Waals surface area (Å²) in [5.41, 5.74) is 2.78. The van der Waals surface area contributed by atoms with Crippen LogP contribution in [0.2, 0.25) is 0 Å². The van der Waals surface area contributed by atoms with Crippen molar-refractivity contribution >= 4 is 54.8 Å². The summed E-state index contributed by atoms with van der Waals surface area (Å²) in [5, 5.41) is 6.37. The molecule has 0 radical (unpaired) electrons. The monoisotopic (exact) mass is 465 g/mol. The molecule has 0 atom stereocenters. The smallest absolute Gasteiger partial charge is 0.265 e. The average molecular weight is 466 g/mol. The van der Waals surface area contributed by atoms with Gasteiger partial charge in [0.1, 0.15) is 4.88 Å². The number of amides is 1. The number of carbonyl (C=O) groups is 1. The fourth-order valence-corrected chi connectivity index (χ4v) is 4.41. The molecule has 0 bridgehead atoms. The van der Waals surface area contributed by atoms with Gasteiger partial charge < -0.3 is 10.2 Å². The summed E-state index contributed by atoms with van der Waals surface area (Å²) in [6.45, 7) is 2.43. The molecule has 1 heterocycles. The highest BCUT2D eigenvalue weighted by Gasteiger charge is 2.19. The van der Waals surface area contributed by atoms with Crippen molar-refractivity contribution in [2.24, 2.45) is 0 Å². The molecule has 146 valence electrons. The number of thiazole rings is 1. The van der Waals surface area contributed by atoms with Gasteiger partial charge >= 0.3 is 0 Å². The second kappa shape index (κ2) is 8.35. The number of hydrogen-bond acceptors (Lipinski definition) is 4. The van der Waals surface area contributed by atoms with Crippen LogP contribution in [0.1, 0.15) is 20.9 Å². The summed E-state index contributed by atoms with van der Waals surface area (Å²) < 4.78 is 1.02. The van der Waals surface area contributed by atoms with Crippen molar-refractivity contribution in [2.45, 2.75) is 13.5 Å². The third-order valence-electron chi connectivity index (χ3n) is 4.67. The van der Waals surface area contributed by atoms with Crippen molar-refractivity contribution in [2.75, 3.05) is 12.4 Å². The molecule has 4 nitrogen and oxygen atoms in total. The van der Waals surface area contributed by atoms with E-state index in [1.807, 2.05) is 50.4 Å². The van der Waals surface area contributed by atoms with Crippen LogP contribution in [0.5, 0.6) is 0 Å². The van der Waals surface area contributed by atoms with E-state index in [0.717, 1.165) is 21.4 Å². The van der Waals surface area contributed by atoms with Gasteiger partial charge in [0.15, 0.2) is 5.13 Å². The Balaban J connectivity index is 1.49. The van der Waals surface area contributed by atoms with Crippen LogP contribution in [0.15, 0.2) is 71.2 Å². The van der Waals surface area contributed by atoms with Gasteiger partial charge in [0.25, 0.3) is 5.91 Å². The third-order valence-corrected chi connectivity index (χ3v) is 6.26. The molecule has 4 rings (SSSR count). The van der Waals surface area contributed by atoms with Gasteiger partial charge in [0.05, 0.1) is 5.69 Å². The van der Waals surface area contributed by atoms with E-state index < -0.39 is 0 Å². The number of anilines is 2. The zero-order chi connectivity index (χ0) is 20.4. The second-order valence-electron chi connectivity index (χ2n) is 6.91. The molecule has 1 N–H and O–H groups in total.